The maximum atomic E-state index is 13.3. The van der Waals surface area contributed by atoms with Crippen molar-refractivity contribution >= 4 is 33.4 Å². The number of carbonyl (C=O) groups excluding carboxylic acids is 1. The van der Waals surface area contributed by atoms with Crippen molar-refractivity contribution in [3.8, 4) is 0 Å². The Balaban J connectivity index is 1.75. The number of benzene rings is 2. The molecule has 0 bridgehead atoms. The van der Waals surface area contributed by atoms with Gasteiger partial charge in [-0.2, -0.15) is 0 Å². The minimum Gasteiger partial charge on any atom is -0.308 e. The highest BCUT2D eigenvalue weighted by atomic mass is 16.2. The molecular weight excluding hydrogens is 322 g/mol. The van der Waals surface area contributed by atoms with Crippen LogP contribution in [0.4, 0.5) is 5.69 Å². The number of pyridine rings is 1. The lowest BCUT2D eigenvalue weighted by Crippen LogP contribution is -2.32. The van der Waals surface area contributed by atoms with Gasteiger partial charge >= 0.3 is 0 Å². The normalized spacial score (nSPS) is 13.5. The SMILES string of the molecule is CCN(CC)CCCN1C(=O)c2c3cc(C)ccc3nc3cccc1c23. The number of nitrogens with zero attached hydrogens (tertiary/aromatic N) is 3. The number of aromatic nitrogens is 1. The van der Waals surface area contributed by atoms with Crippen LogP contribution < -0.4 is 4.90 Å². The highest BCUT2D eigenvalue weighted by Gasteiger charge is 2.32. The van der Waals surface area contributed by atoms with Gasteiger partial charge in [-0.05, 0) is 57.2 Å². The van der Waals surface area contributed by atoms with E-state index in [1.807, 2.05) is 23.1 Å². The summed E-state index contributed by atoms with van der Waals surface area (Å²) in [6.07, 6.45) is 0.974. The number of hydrogen-bond acceptors (Lipinski definition) is 3. The van der Waals surface area contributed by atoms with E-state index < -0.39 is 0 Å². The smallest absolute Gasteiger partial charge is 0.259 e. The lowest BCUT2D eigenvalue weighted by molar-refractivity contribution is 0.0993. The molecule has 2 aromatic carbocycles. The number of anilines is 1. The van der Waals surface area contributed by atoms with Gasteiger partial charge in [-0.3, -0.25) is 4.79 Å². The summed E-state index contributed by atoms with van der Waals surface area (Å²) in [6, 6.07) is 12.2. The summed E-state index contributed by atoms with van der Waals surface area (Å²) in [5.41, 5.74) is 4.80. The Kier molecular flexibility index (Phi) is 4.37. The lowest BCUT2D eigenvalue weighted by atomic mass is 10.0. The van der Waals surface area contributed by atoms with E-state index in [0.717, 1.165) is 71.2 Å². The summed E-state index contributed by atoms with van der Waals surface area (Å²) in [5, 5.41) is 1.99. The largest absolute Gasteiger partial charge is 0.308 e. The first-order chi connectivity index (χ1) is 12.6. The van der Waals surface area contributed by atoms with E-state index in [0.29, 0.717) is 0 Å². The van der Waals surface area contributed by atoms with Crippen LogP contribution in [0.1, 0.15) is 36.2 Å². The second-order valence-corrected chi connectivity index (χ2v) is 7.02. The van der Waals surface area contributed by atoms with Gasteiger partial charge in [-0.1, -0.05) is 31.5 Å². The first-order valence-corrected chi connectivity index (χ1v) is 9.51. The van der Waals surface area contributed by atoms with Crippen molar-refractivity contribution in [2.24, 2.45) is 0 Å². The predicted octanol–water partition coefficient (Wildman–Crippen LogP) is 4.39. The molecule has 4 nitrogen and oxygen atoms in total. The van der Waals surface area contributed by atoms with Crippen molar-refractivity contribution in [2.75, 3.05) is 31.1 Å². The Morgan fingerprint density at radius 1 is 1.08 bits per heavy atom. The second-order valence-electron chi connectivity index (χ2n) is 7.02. The van der Waals surface area contributed by atoms with Gasteiger partial charge in [-0.25, -0.2) is 4.98 Å². The van der Waals surface area contributed by atoms with Gasteiger partial charge in [0.05, 0.1) is 22.3 Å². The molecule has 0 fully saturated rings. The maximum Gasteiger partial charge on any atom is 0.259 e. The van der Waals surface area contributed by atoms with Crippen molar-refractivity contribution in [1.82, 2.24) is 9.88 Å². The minimum atomic E-state index is 0.119. The van der Waals surface area contributed by atoms with Crippen LogP contribution >= 0.6 is 0 Å². The maximum absolute atomic E-state index is 13.3. The Labute approximate surface area is 154 Å². The van der Waals surface area contributed by atoms with Gasteiger partial charge in [0.1, 0.15) is 0 Å². The molecule has 26 heavy (non-hydrogen) atoms. The van der Waals surface area contributed by atoms with Crippen LogP contribution in [0.25, 0.3) is 21.8 Å². The van der Waals surface area contributed by atoms with E-state index in [4.69, 9.17) is 4.98 Å². The second kappa shape index (κ2) is 6.69. The molecule has 0 saturated heterocycles. The third kappa shape index (κ3) is 2.65. The Morgan fingerprint density at radius 2 is 1.88 bits per heavy atom. The van der Waals surface area contributed by atoms with Gasteiger partial charge in [-0.15, -0.1) is 0 Å². The van der Waals surface area contributed by atoms with Gasteiger partial charge in [0.15, 0.2) is 0 Å². The zero-order valence-corrected chi connectivity index (χ0v) is 15.7. The average Bonchev–Trinajstić information content (AvgIpc) is 2.93. The third-order valence-electron chi connectivity index (χ3n) is 5.43. The number of carbonyl (C=O) groups is 1. The fourth-order valence-electron chi connectivity index (χ4n) is 4.00. The lowest BCUT2D eigenvalue weighted by Gasteiger charge is -2.21. The first-order valence-electron chi connectivity index (χ1n) is 9.51. The molecule has 134 valence electrons. The molecule has 0 saturated carbocycles. The number of fused-ring (bicyclic) bond motifs is 2. The van der Waals surface area contributed by atoms with Crippen LogP contribution in [-0.4, -0.2) is 42.0 Å². The Hall–Kier alpha value is -2.46. The third-order valence-corrected chi connectivity index (χ3v) is 5.43. The summed E-state index contributed by atoms with van der Waals surface area (Å²) in [5.74, 6) is 0.119. The van der Waals surface area contributed by atoms with Crippen LogP contribution in [0, 0.1) is 6.92 Å². The Morgan fingerprint density at radius 3 is 2.65 bits per heavy atom. The molecule has 0 N–H and O–H groups in total. The topological polar surface area (TPSA) is 36.4 Å². The molecule has 4 heteroatoms. The van der Waals surface area contributed by atoms with Crippen molar-refractivity contribution in [3.05, 3.63) is 47.5 Å². The molecule has 0 aliphatic carbocycles. The average molecular weight is 347 g/mol. The van der Waals surface area contributed by atoms with Crippen LogP contribution in [0.2, 0.25) is 0 Å². The van der Waals surface area contributed by atoms with E-state index in [-0.39, 0.29) is 5.91 Å². The Bertz CT molecular complexity index is 992. The van der Waals surface area contributed by atoms with Crippen molar-refractivity contribution in [3.63, 3.8) is 0 Å². The molecule has 0 radical (unpaired) electrons. The van der Waals surface area contributed by atoms with Crippen molar-refractivity contribution in [2.45, 2.75) is 27.2 Å². The van der Waals surface area contributed by atoms with E-state index in [2.05, 4.69) is 43.9 Å². The molecule has 0 unspecified atom stereocenters. The van der Waals surface area contributed by atoms with E-state index in [1.165, 1.54) is 0 Å². The van der Waals surface area contributed by atoms with Gasteiger partial charge in [0.25, 0.3) is 5.91 Å². The monoisotopic (exact) mass is 347 g/mol. The summed E-state index contributed by atoms with van der Waals surface area (Å²) in [7, 11) is 0. The van der Waals surface area contributed by atoms with Crippen molar-refractivity contribution < 1.29 is 4.79 Å². The standard InChI is InChI=1S/C22H25N3O/c1-4-24(5-2)12-7-13-25-19-9-6-8-18-21(19)20(22(25)26)16-14-15(3)10-11-17(16)23-18/h6,8-11,14H,4-5,7,12-13H2,1-3H3. The molecule has 1 aliphatic heterocycles. The summed E-state index contributed by atoms with van der Waals surface area (Å²) in [4.78, 5) is 22.4. The van der Waals surface area contributed by atoms with E-state index in [1.54, 1.807) is 0 Å². The highest BCUT2D eigenvalue weighted by Crippen LogP contribution is 2.40. The molecule has 2 heterocycles. The zero-order valence-electron chi connectivity index (χ0n) is 15.7. The fourth-order valence-corrected chi connectivity index (χ4v) is 4.00. The van der Waals surface area contributed by atoms with Crippen LogP contribution in [-0.2, 0) is 0 Å². The first kappa shape index (κ1) is 17.0. The zero-order chi connectivity index (χ0) is 18.3. The van der Waals surface area contributed by atoms with Gasteiger partial charge in [0.2, 0.25) is 0 Å². The molecule has 1 amide bonds. The van der Waals surface area contributed by atoms with Gasteiger partial charge < -0.3 is 9.80 Å². The van der Waals surface area contributed by atoms with E-state index in [9.17, 15) is 4.79 Å². The van der Waals surface area contributed by atoms with Crippen LogP contribution in [0.5, 0.6) is 0 Å². The fraction of sp³-hybridized carbons (Fsp3) is 0.364. The summed E-state index contributed by atoms with van der Waals surface area (Å²) < 4.78 is 0. The van der Waals surface area contributed by atoms with Crippen molar-refractivity contribution in [1.29, 1.82) is 0 Å². The summed E-state index contributed by atoms with van der Waals surface area (Å²) >= 11 is 0. The molecule has 0 spiro atoms. The number of amides is 1. The van der Waals surface area contributed by atoms with Crippen LogP contribution in [0.3, 0.4) is 0 Å². The molecule has 0 atom stereocenters. The molecule has 3 aromatic rings. The number of rotatable bonds is 6. The van der Waals surface area contributed by atoms with Gasteiger partial charge in [0, 0.05) is 17.3 Å². The number of hydrogen-bond donors (Lipinski definition) is 0. The van der Waals surface area contributed by atoms with Crippen LogP contribution in [0.15, 0.2) is 36.4 Å². The molecule has 1 aromatic heterocycles. The minimum absolute atomic E-state index is 0.119. The molecule has 4 rings (SSSR count). The quantitative estimate of drug-likeness (QED) is 0.621. The predicted molar refractivity (Wildman–Crippen MR) is 108 cm³/mol. The summed E-state index contributed by atoms with van der Waals surface area (Å²) in [6.45, 7) is 10.3. The van der Waals surface area contributed by atoms with E-state index >= 15 is 0 Å². The number of aryl methyl sites for hydroxylation is 1. The molecule has 1 aliphatic rings. The highest BCUT2D eigenvalue weighted by molar-refractivity contribution is 6.30. The molecular formula is C22H25N3O.